The number of amides is 1. The normalized spacial score (nSPS) is 25.9. The lowest BCUT2D eigenvalue weighted by Crippen LogP contribution is -2.53. The van der Waals surface area contributed by atoms with Crippen LogP contribution in [0.5, 0.6) is 0 Å². The number of nitrogens with one attached hydrogen (secondary N) is 1. The summed E-state index contributed by atoms with van der Waals surface area (Å²) < 4.78 is 23.6. The highest BCUT2D eigenvalue weighted by atomic mass is 32.2. The van der Waals surface area contributed by atoms with Crippen molar-refractivity contribution in [2.45, 2.75) is 61.9 Å². The van der Waals surface area contributed by atoms with Crippen molar-refractivity contribution in [1.29, 1.82) is 0 Å². The van der Waals surface area contributed by atoms with Gasteiger partial charge in [-0.15, -0.1) is 0 Å². The van der Waals surface area contributed by atoms with Gasteiger partial charge in [-0.1, -0.05) is 42.5 Å². The Morgan fingerprint density at radius 1 is 1.02 bits per heavy atom. The van der Waals surface area contributed by atoms with Gasteiger partial charge in [0.2, 0.25) is 5.91 Å². The smallest absolute Gasteiger partial charge is 0.223 e. The summed E-state index contributed by atoms with van der Waals surface area (Å²) in [7, 11) is -3.24. The molecule has 0 aromatic heterocycles. The van der Waals surface area contributed by atoms with Gasteiger partial charge in [0.1, 0.15) is 0 Å². The van der Waals surface area contributed by atoms with Crippen LogP contribution in [0.2, 0.25) is 0 Å². The Morgan fingerprint density at radius 2 is 1.73 bits per heavy atom. The first-order valence-electron chi connectivity index (χ1n) is 14.8. The molecule has 1 amide bonds. The largest absolute Gasteiger partial charge is 0.338 e. The number of nitrogens with zero attached hydrogens (tertiary/aromatic N) is 2. The highest BCUT2D eigenvalue weighted by molar-refractivity contribution is 7.90. The molecule has 40 heavy (non-hydrogen) atoms. The number of carbonyl (C=O) groups is 2. The number of piperidine rings is 1. The molecule has 8 heteroatoms. The summed E-state index contributed by atoms with van der Waals surface area (Å²) in [6.07, 6.45) is 6.67. The van der Waals surface area contributed by atoms with E-state index in [1.165, 1.54) is 24.7 Å². The van der Waals surface area contributed by atoms with Crippen molar-refractivity contribution < 1.29 is 18.0 Å². The molecule has 3 atom stereocenters. The minimum absolute atomic E-state index is 0.0445. The summed E-state index contributed by atoms with van der Waals surface area (Å²) in [5.41, 5.74) is 2.22. The molecule has 3 saturated heterocycles. The third-order valence-corrected chi connectivity index (χ3v) is 10.9. The number of likely N-dealkylation sites (tertiary alicyclic amines) is 2. The van der Waals surface area contributed by atoms with E-state index in [1.54, 1.807) is 12.1 Å². The number of rotatable bonds is 9. The van der Waals surface area contributed by atoms with Crippen molar-refractivity contribution in [3.05, 3.63) is 65.7 Å². The molecule has 0 radical (unpaired) electrons. The number of ketones is 1. The highest BCUT2D eigenvalue weighted by Crippen LogP contribution is 2.44. The molecule has 1 aliphatic carbocycles. The van der Waals surface area contributed by atoms with Crippen molar-refractivity contribution in [3.63, 3.8) is 0 Å². The summed E-state index contributed by atoms with van der Waals surface area (Å²) in [6, 6.07) is 17.4. The quantitative estimate of drug-likeness (QED) is 0.501. The molecule has 2 aromatic rings. The summed E-state index contributed by atoms with van der Waals surface area (Å²) in [5.74, 6) is 1.76. The first-order chi connectivity index (χ1) is 19.2. The van der Waals surface area contributed by atoms with E-state index in [2.05, 4.69) is 40.5 Å². The Labute approximate surface area is 238 Å². The van der Waals surface area contributed by atoms with Gasteiger partial charge in [-0.3, -0.25) is 14.5 Å². The van der Waals surface area contributed by atoms with E-state index in [-0.39, 0.29) is 23.3 Å². The molecule has 4 fully saturated rings. The molecule has 6 rings (SSSR count). The summed E-state index contributed by atoms with van der Waals surface area (Å²) in [4.78, 5) is 31.6. The topological polar surface area (TPSA) is 86.8 Å². The molecule has 7 nitrogen and oxygen atoms in total. The average Bonchev–Trinajstić information content (AvgIpc) is 3.53. The number of sulfone groups is 1. The van der Waals surface area contributed by atoms with E-state index in [9.17, 15) is 18.0 Å². The van der Waals surface area contributed by atoms with Crippen LogP contribution in [0.4, 0.5) is 0 Å². The van der Waals surface area contributed by atoms with Crippen LogP contribution in [0.1, 0.15) is 55.6 Å². The molecule has 1 spiro atoms. The Kier molecular flexibility index (Phi) is 7.61. The van der Waals surface area contributed by atoms with Gasteiger partial charge in [-0.25, -0.2) is 8.42 Å². The fraction of sp³-hybridized carbons (Fsp3) is 0.562. The molecule has 214 valence electrons. The lowest BCUT2D eigenvalue weighted by atomic mass is 9.75. The van der Waals surface area contributed by atoms with E-state index in [1.807, 2.05) is 17.0 Å². The number of benzene rings is 2. The van der Waals surface area contributed by atoms with E-state index in [0.29, 0.717) is 41.9 Å². The number of hydrogen-bond donors (Lipinski definition) is 1. The maximum atomic E-state index is 13.8. The van der Waals surface area contributed by atoms with E-state index < -0.39 is 9.84 Å². The second kappa shape index (κ2) is 11.0. The summed E-state index contributed by atoms with van der Waals surface area (Å²) in [5, 5.41) is 3.60. The van der Waals surface area contributed by atoms with Crippen LogP contribution in [0.3, 0.4) is 0 Å². The first kappa shape index (κ1) is 27.6. The van der Waals surface area contributed by atoms with Crippen molar-refractivity contribution in [3.8, 4) is 0 Å². The molecular formula is C32H41N3O4S. The third-order valence-electron chi connectivity index (χ3n) is 9.79. The van der Waals surface area contributed by atoms with Gasteiger partial charge in [0.25, 0.3) is 0 Å². The summed E-state index contributed by atoms with van der Waals surface area (Å²) in [6.45, 7) is 4.71. The maximum Gasteiger partial charge on any atom is 0.223 e. The maximum absolute atomic E-state index is 13.8. The molecule has 4 aliphatic rings. The summed E-state index contributed by atoms with van der Waals surface area (Å²) >= 11 is 0. The SMILES string of the molecule is CS(=O)(=O)c1ccc(CN2CC3(CCN(C(C(=O)CC4CC4)[C@@H]4CNC[C@@H]4c4ccccc4)CC3)CC2=O)cc1. The Bertz CT molecular complexity index is 1330. The number of hydrogen-bond acceptors (Lipinski definition) is 6. The average molecular weight is 564 g/mol. The second-order valence-corrected chi connectivity index (χ2v) is 14.8. The van der Waals surface area contributed by atoms with Crippen LogP contribution < -0.4 is 5.32 Å². The predicted octanol–water partition coefficient (Wildman–Crippen LogP) is 3.65. The fourth-order valence-electron chi connectivity index (χ4n) is 7.34. The molecule has 2 aromatic carbocycles. The van der Waals surface area contributed by atoms with Crippen LogP contribution in [-0.2, 0) is 26.0 Å². The lowest BCUT2D eigenvalue weighted by Gasteiger charge is -2.44. The first-order valence-corrected chi connectivity index (χ1v) is 16.7. The monoisotopic (exact) mass is 563 g/mol. The zero-order valence-corrected chi connectivity index (χ0v) is 24.2. The Balaban J connectivity index is 1.13. The molecule has 3 aliphatic heterocycles. The minimum Gasteiger partial charge on any atom is -0.338 e. The van der Waals surface area contributed by atoms with E-state index >= 15 is 0 Å². The van der Waals surface area contributed by atoms with Gasteiger partial charge in [-0.2, -0.15) is 0 Å². The Hall–Kier alpha value is -2.55. The second-order valence-electron chi connectivity index (χ2n) is 12.8. The van der Waals surface area contributed by atoms with Crippen LogP contribution >= 0.6 is 0 Å². The van der Waals surface area contributed by atoms with Crippen molar-refractivity contribution in [2.75, 3.05) is 39.0 Å². The number of Topliss-reactive ketones (excluding diaryl/α,β-unsaturated/α-hetero) is 1. The number of carbonyl (C=O) groups excluding carboxylic acids is 2. The van der Waals surface area contributed by atoms with Crippen molar-refractivity contribution >= 4 is 21.5 Å². The van der Waals surface area contributed by atoms with Crippen molar-refractivity contribution in [2.24, 2.45) is 17.3 Å². The van der Waals surface area contributed by atoms with Gasteiger partial charge < -0.3 is 10.2 Å². The Morgan fingerprint density at radius 3 is 2.38 bits per heavy atom. The lowest BCUT2D eigenvalue weighted by molar-refractivity contribution is -0.129. The van der Waals surface area contributed by atoms with Gasteiger partial charge in [0, 0.05) is 57.1 Å². The molecule has 1 N–H and O–H groups in total. The highest BCUT2D eigenvalue weighted by Gasteiger charge is 2.48. The molecule has 3 heterocycles. The third kappa shape index (κ3) is 5.90. The van der Waals surface area contributed by atoms with E-state index in [4.69, 9.17) is 0 Å². The van der Waals surface area contributed by atoms with Crippen LogP contribution in [0, 0.1) is 17.3 Å². The van der Waals surface area contributed by atoms with Gasteiger partial charge >= 0.3 is 0 Å². The van der Waals surface area contributed by atoms with Gasteiger partial charge in [0.15, 0.2) is 15.6 Å². The molecule has 0 bridgehead atoms. The van der Waals surface area contributed by atoms with Crippen LogP contribution in [0.25, 0.3) is 0 Å². The van der Waals surface area contributed by atoms with Crippen LogP contribution in [-0.4, -0.2) is 74.9 Å². The molecule has 1 saturated carbocycles. The predicted molar refractivity (Wildman–Crippen MR) is 155 cm³/mol. The molecular weight excluding hydrogens is 522 g/mol. The fourth-order valence-corrected chi connectivity index (χ4v) is 7.97. The van der Waals surface area contributed by atoms with Crippen molar-refractivity contribution in [1.82, 2.24) is 15.1 Å². The zero-order valence-electron chi connectivity index (χ0n) is 23.4. The van der Waals surface area contributed by atoms with Crippen LogP contribution in [0.15, 0.2) is 59.5 Å². The van der Waals surface area contributed by atoms with E-state index in [0.717, 1.165) is 51.1 Å². The molecule has 1 unspecified atom stereocenters. The zero-order chi connectivity index (χ0) is 27.9. The van der Waals surface area contributed by atoms with Gasteiger partial charge in [-0.05, 0) is 73.4 Å². The van der Waals surface area contributed by atoms with Gasteiger partial charge in [0.05, 0.1) is 10.9 Å². The standard InChI is InChI=1S/C32H41N3O4S/c1-40(38,39)26-11-9-24(10-12-26)21-35-22-32(18-30(35)37)13-15-34(16-14-32)31(29(36)17-23-7-8-23)28-20-33-19-27(28)25-5-3-2-4-6-25/h2-6,9-12,23,27-28,31,33H,7-8,13-22H2,1H3/t27-,28-,31?/m1/s1. The minimum atomic E-state index is -3.24.